The molecule has 0 radical (unpaired) electrons. The third-order valence-corrected chi connectivity index (χ3v) is 6.54. The van der Waals surface area contributed by atoms with Crippen LogP contribution in [0.25, 0.3) is 0 Å². The van der Waals surface area contributed by atoms with Crippen LogP contribution in [0.3, 0.4) is 0 Å². The number of amides is 3. The molecule has 0 bridgehead atoms. The summed E-state index contributed by atoms with van der Waals surface area (Å²) in [5.41, 5.74) is 5.14. The summed E-state index contributed by atoms with van der Waals surface area (Å²) in [6.07, 6.45) is 18.6. The second kappa shape index (κ2) is 22.5. The number of carbonyl (C=O) groups is 3. The fourth-order valence-corrected chi connectivity index (χ4v) is 4.31. The van der Waals surface area contributed by atoms with E-state index in [9.17, 15) is 19.6 Å². The van der Waals surface area contributed by atoms with Gasteiger partial charge in [0.15, 0.2) is 0 Å². The van der Waals surface area contributed by atoms with Crippen LogP contribution in [0, 0.1) is 5.21 Å². The Morgan fingerprint density at radius 2 is 1.28 bits per heavy atom. The summed E-state index contributed by atoms with van der Waals surface area (Å²) in [7, 11) is 3.28. The number of nitrogens with two attached hydrogens (primary N) is 1. The maximum Gasteiger partial charge on any atom is 0.220 e. The first-order valence-electron chi connectivity index (χ1n) is 14.5. The van der Waals surface area contributed by atoms with Gasteiger partial charge in [-0.15, -0.1) is 0 Å². The Hall–Kier alpha value is -1.67. The van der Waals surface area contributed by atoms with Crippen molar-refractivity contribution in [2.45, 2.75) is 135 Å². The van der Waals surface area contributed by atoms with Gasteiger partial charge in [0.2, 0.25) is 17.7 Å². The first kappa shape index (κ1) is 34.3. The van der Waals surface area contributed by atoms with E-state index < -0.39 is 5.91 Å². The van der Waals surface area contributed by atoms with Crippen molar-refractivity contribution >= 4 is 17.7 Å². The number of quaternary nitrogens is 1. The van der Waals surface area contributed by atoms with Crippen molar-refractivity contribution in [3.05, 3.63) is 5.21 Å². The van der Waals surface area contributed by atoms with E-state index in [1.165, 1.54) is 57.8 Å². The molecule has 0 saturated carbocycles. The minimum atomic E-state index is -0.491. The number of rotatable bonds is 25. The predicted octanol–water partition coefficient (Wildman–Crippen LogP) is 5.08. The largest absolute Gasteiger partial charge is 0.633 e. The Balaban J connectivity index is 4.04. The number of unbranched alkanes of at least 4 members (excludes halogenated alkanes) is 12. The Morgan fingerprint density at radius 1 is 0.722 bits per heavy atom. The summed E-state index contributed by atoms with van der Waals surface area (Å²) in [5, 5.41) is 17.6. The SMILES string of the molecule is CCCCCCCCCCCCCC(=O)NCCC(CCCCC[N+](C)(C)[O-])NC(=O)CCC(N)=O. The topological polar surface area (TPSA) is 124 Å². The molecule has 4 N–H and O–H groups in total. The van der Waals surface area contributed by atoms with E-state index in [-0.39, 0.29) is 35.3 Å². The van der Waals surface area contributed by atoms with Crippen LogP contribution in [0.15, 0.2) is 0 Å². The quantitative estimate of drug-likeness (QED) is 0.0896. The second-order valence-electron chi connectivity index (χ2n) is 10.8. The first-order chi connectivity index (χ1) is 17.1. The van der Waals surface area contributed by atoms with Gasteiger partial charge in [-0.3, -0.25) is 14.4 Å². The zero-order chi connectivity index (χ0) is 27.1. The molecule has 0 aromatic rings. The van der Waals surface area contributed by atoms with Crippen LogP contribution < -0.4 is 16.4 Å². The van der Waals surface area contributed by atoms with Crippen molar-refractivity contribution in [1.82, 2.24) is 10.6 Å². The third-order valence-electron chi connectivity index (χ3n) is 6.54. The molecular weight excluding hydrogens is 456 g/mol. The normalized spacial score (nSPS) is 12.3. The first-order valence-corrected chi connectivity index (χ1v) is 14.5. The molecular formula is C28H56N4O4. The zero-order valence-corrected chi connectivity index (χ0v) is 23.6. The van der Waals surface area contributed by atoms with Gasteiger partial charge in [0, 0.05) is 31.8 Å². The maximum absolute atomic E-state index is 12.2. The van der Waals surface area contributed by atoms with E-state index in [1.807, 2.05) is 0 Å². The number of carbonyl (C=O) groups excluding carboxylic acids is 3. The Morgan fingerprint density at radius 3 is 1.83 bits per heavy atom. The molecule has 0 heterocycles. The summed E-state index contributed by atoms with van der Waals surface area (Å²) in [5.74, 6) is -0.613. The number of hydroxylamine groups is 3. The van der Waals surface area contributed by atoms with Crippen LogP contribution in [-0.2, 0) is 14.4 Å². The molecule has 0 rings (SSSR count). The third kappa shape index (κ3) is 25.4. The molecule has 1 unspecified atom stereocenters. The molecule has 0 fully saturated rings. The minimum Gasteiger partial charge on any atom is -0.633 e. The average Bonchev–Trinajstić information content (AvgIpc) is 2.80. The van der Waals surface area contributed by atoms with Gasteiger partial charge >= 0.3 is 0 Å². The van der Waals surface area contributed by atoms with E-state index in [2.05, 4.69) is 17.6 Å². The average molecular weight is 513 g/mol. The van der Waals surface area contributed by atoms with Crippen molar-refractivity contribution in [3.63, 3.8) is 0 Å². The fourth-order valence-electron chi connectivity index (χ4n) is 4.31. The van der Waals surface area contributed by atoms with E-state index in [4.69, 9.17) is 5.73 Å². The molecule has 36 heavy (non-hydrogen) atoms. The summed E-state index contributed by atoms with van der Waals surface area (Å²) < 4.78 is -0.293. The van der Waals surface area contributed by atoms with Crippen LogP contribution >= 0.6 is 0 Å². The predicted molar refractivity (Wildman–Crippen MR) is 148 cm³/mol. The van der Waals surface area contributed by atoms with E-state index >= 15 is 0 Å². The number of primary amides is 1. The van der Waals surface area contributed by atoms with Gasteiger partial charge in [-0.1, -0.05) is 77.6 Å². The lowest BCUT2D eigenvalue weighted by atomic mass is 10.0. The highest BCUT2D eigenvalue weighted by Gasteiger charge is 2.14. The minimum absolute atomic E-state index is 0.0325. The van der Waals surface area contributed by atoms with E-state index in [0.717, 1.165) is 38.5 Å². The second-order valence-corrected chi connectivity index (χ2v) is 10.8. The summed E-state index contributed by atoms with van der Waals surface area (Å²) in [6, 6.07) is -0.0672. The monoisotopic (exact) mass is 512 g/mol. The Kier molecular flexibility index (Phi) is 21.5. The highest BCUT2D eigenvalue weighted by atomic mass is 16.5. The molecule has 0 spiro atoms. The van der Waals surface area contributed by atoms with Crippen molar-refractivity contribution < 1.29 is 19.0 Å². The summed E-state index contributed by atoms with van der Waals surface area (Å²) in [6.45, 7) is 3.34. The van der Waals surface area contributed by atoms with Gasteiger partial charge in [0.05, 0.1) is 20.6 Å². The van der Waals surface area contributed by atoms with Crippen LogP contribution in [-0.4, -0.2) is 55.6 Å². The lowest BCUT2D eigenvalue weighted by Crippen LogP contribution is -2.38. The summed E-state index contributed by atoms with van der Waals surface area (Å²) in [4.78, 5) is 35.3. The standard InChI is InChI=1S/C28H56N4O4/c1-4-5-6-7-8-9-10-11-12-13-16-19-27(34)30-23-22-25(31-28(35)21-20-26(29)33)18-15-14-17-24-32(2,3)36/h25H,4-24H2,1-3H3,(H2,29,33)(H,30,34)(H,31,35). The number of hydrogen-bond acceptors (Lipinski definition) is 4. The van der Waals surface area contributed by atoms with Crippen LogP contribution in [0.1, 0.15) is 129 Å². The number of nitrogens with zero attached hydrogens (tertiary/aromatic N) is 1. The maximum atomic E-state index is 12.2. The van der Waals surface area contributed by atoms with E-state index in [1.54, 1.807) is 14.1 Å². The van der Waals surface area contributed by atoms with Crippen molar-refractivity contribution in [3.8, 4) is 0 Å². The smallest absolute Gasteiger partial charge is 0.220 e. The van der Waals surface area contributed by atoms with Gasteiger partial charge in [0.1, 0.15) is 0 Å². The summed E-state index contributed by atoms with van der Waals surface area (Å²) >= 11 is 0. The molecule has 0 aliphatic carbocycles. The molecule has 3 amide bonds. The number of hydrogen-bond donors (Lipinski definition) is 3. The molecule has 8 heteroatoms. The number of nitrogens with one attached hydrogen (secondary N) is 2. The molecule has 8 nitrogen and oxygen atoms in total. The van der Waals surface area contributed by atoms with E-state index in [0.29, 0.717) is 25.9 Å². The lowest BCUT2D eigenvalue weighted by molar-refractivity contribution is -0.840. The Labute approximate surface area is 220 Å². The fraction of sp³-hybridized carbons (Fsp3) is 0.893. The Bertz CT molecular complexity index is 578. The van der Waals surface area contributed by atoms with Crippen LogP contribution in [0.5, 0.6) is 0 Å². The molecule has 1 atom stereocenters. The molecule has 0 aliphatic rings. The van der Waals surface area contributed by atoms with Gasteiger partial charge in [0.25, 0.3) is 0 Å². The highest BCUT2D eigenvalue weighted by molar-refractivity contribution is 5.82. The molecule has 0 aromatic carbocycles. The van der Waals surface area contributed by atoms with Crippen molar-refractivity contribution in [1.29, 1.82) is 0 Å². The molecule has 0 saturated heterocycles. The van der Waals surface area contributed by atoms with Crippen molar-refractivity contribution in [2.24, 2.45) is 5.73 Å². The van der Waals surface area contributed by atoms with Crippen molar-refractivity contribution in [2.75, 3.05) is 27.2 Å². The molecule has 212 valence electrons. The van der Waals surface area contributed by atoms with Crippen LogP contribution in [0.4, 0.5) is 0 Å². The van der Waals surface area contributed by atoms with Gasteiger partial charge in [-0.25, -0.2) is 0 Å². The zero-order valence-electron chi connectivity index (χ0n) is 23.6. The molecule has 0 aliphatic heterocycles. The van der Waals surface area contributed by atoms with Gasteiger partial charge in [-0.05, 0) is 32.1 Å². The molecule has 0 aromatic heterocycles. The van der Waals surface area contributed by atoms with Crippen LogP contribution in [0.2, 0.25) is 0 Å². The van der Waals surface area contributed by atoms with Gasteiger partial charge in [-0.2, -0.15) is 0 Å². The van der Waals surface area contributed by atoms with Gasteiger partial charge < -0.3 is 26.2 Å². The lowest BCUT2D eigenvalue weighted by Gasteiger charge is -2.33. The highest BCUT2D eigenvalue weighted by Crippen LogP contribution is 2.12.